The molecular weight excluding hydrogens is 330 g/mol. The number of rotatable bonds is 10. The first kappa shape index (κ1) is 19.5. The number of amides is 1. The second kappa shape index (κ2) is 10.9. The van der Waals surface area contributed by atoms with Gasteiger partial charge in [-0.3, -0.25) is 9.59 Å². The highest BCUT2D eigenvalue weighted by Gasteiger charge is 2.10. The lowest BCUT2D eigenvalue weighted by atomic mass is 10.1. The number of hydrogen-bond donors (Lipinski definition) is 1. The second-order valence-corrected chi connectivity index (χ2v) is 5.79. The molecule has 0 saturated heterocycles. The number of carbonyl (C=O) groups is 2. The van der Waals surface area contributed by atoms with Gasteiger partial charge in [0.25, 0.3) is 0 Å². The molecule has 0 aromatic heterocycles. The van der Waals surface area contributed by atoms with Gasteiger partial charge in [-0.25, -0.2) is 0 Å². The third-order valence-corrected chi connectivity index (χ3v) is 3.73. The number of anilines is 1. The molecule has 2 aromatic carbocycles. The van der Waals surface area contributed by atoms with E-state index in [2.05, 4.69) is 5.32 Å². The Labute approximate surface area is 154 Å². The van der Waals surface area contributed by atoms with E-state index < -0.39 is 0 Å². The van der Waals surface area contributed by atoms with Gasteiger partial charge >= 0.3 is 5.97 Å². The molecule has 0 bridgehead atoms. The van der Waals surface area contributed by atoms with Crippen LogP contribution in [0.25, 0.3) is 0 Å². The summed E-state index contributed by atoms with van der Waals surface area (Å²) in [7, 11) is 0. The Bertz CT molecular complexity index is 700. The molecule has 0 heterocycles. The van der Waals surface area contributed by atoms with E-state index in [0.29, 0.717) is 24.7 Å². The van der Waals surface area contributed by atoms with Crippen LogP contribution in [-0.2, 0) is 20.7 Å². The van der Waals surface area contributed by atoms with Crippen LogP contribution in [0.15, 0.2) is 54.6 Å². The number of carbonyl (C=O) groups excluding carboxylic acids is 2. The van der Waals surface area contributed by atoms with E-state index in [9.17, 15) is 9.59 Å². The molecule has 0 fully saturated rings. The molecule has 2 rings (SSSR count). The monoisotopic (exact) mass is 355 g/mol. The molecule has 138 valence electrons. The molecule has 0 spiro atoms. The first-order chi connectivity index (χ1) is 12.7. The van der Waals surface area contributed by atoms with Crippen molar-refractivity contribution in [1.29, 1.82) is 0 Å². The minimum absolute atomic E-state index is 0.0635. The van der Waals surface area contributed by atoms with Crippen LogP contribution in [0.2, 0.25) is 0 Å². The molecule has 1 amide bonds. The molecule has 0 unspecified atom stereocenters. The lowest BCUT2D eigenvalue weighted by Crippen LogP contribution is -2.15. The summed E-state index contributed by atoms with van der Waals surface area (Å²) in [5.74, 6) is 0.0246. The Morgan fingerprint density at radius 2 is 1.69 bits per heavy atom. The number of ether oxygens (including phenoxy) is 2. The van der Waals surface area contributed by atoms with E-state index in [-0.39, 0.29) is 24.7 Å². The van der Waals surface area contributed by atoms with E-state index in [1.165, 1.54) is 5.56 Å². The molecule has 0 saturated carbocycles. The molecule has 0 aliphatic carbocycles. The largest absolute Gasteiger partial charge is 0.492 e. The summed E-state index contributed by atoms with van der Waals surface area (Å²) < 4.78 is 10.6. The van der Waals surface area contributed by atoms with Crippen molar-refractivity contribution in [3.8, 4) is 5.75 Å². The van der Waals surface area contributed by atoms with Crippen LogP contribution in [0.5, 0.6) is 5.75 Å². The van der Waals surface area contributed by atoms with Crippen LogP contribution in [-0.4, -0.2) is 25.1 Å². The predicted octanol–water partition coefficient (Wildman–Crippen LogP) is 3.98. The van der Waals surface area contributed by atoms with E-state index in [4.69, 9.17) is 9.47 Å². The third-order valence-electron chi connectivity index (χ3n) is 3.73. The van der Waals surface area contributed by atoms with Gasteiger partial charge in [0.2, 0.25) is 5.91 Å². The highest BCUT2D eigenvalue weighted by atomic mass is 16.5. The summed E-state index contributed by atoms with van der Waals surface area (Å²) in [6.45, 7) is 2.76. The van der Waals surface area contributed by atoms with Gasteiger partial charge in [-0.1, -0.05) is 42.5 Å². The van der Waals surface area contributed by atoms with E-state index in [0.717, 1.165) is 12.8 Å². The van der Waals surface area contributed by atoms with Crippen LogP contribution in [0.3, 0.4) is 0 Å². The van der Waals surface area contributed by atoms with Crippen molar-refractivity contribution in [2.45, 2.75) is 32.6 Å². The van der Waals surface area contributed by atoms with Crippen LogP contribution in [0.1, 0.15) is 31.7 Å². The third kappa shape index (κ3) is 6.97. The Morgan fingerprint density at radius 1 is 0.962 bits per heavy atom. The summed E-state index contributed by atoms with van der Waals surface area (Å²) in [6.07, 6.45) is 1.78. The number of aryl methyl sites for hydroxylation is 1. The van der Waals surface area contributed by atoms with Crippen LogP contribution in [0, 0.1) is 0 Å². The molecular formula is C21H25NO4. The predicted molar refractivity (Wildman–Crippen MR) is 101 cm³/mol. The highest BCUT2D eigenvalue weighted by molar-refractivity contribution is 5.93. The van der Waals surface area contributed by atoms with Gasteiger partial charge < -0.3 is 14.8 Å². The molecule has 5 heteroatoms. The smallest absolute Gasteiger partial charge is 0.306 e. The summed E-state index contributed by atoms with van der Waals surface area (Å²) in [6, 6.07) is 17.3. The highest BCUT2D eigenvalue weighted by Crippen LogP contribution is 2.23. The number of esters is 1. The van der Waals surface area contributed by atoms with Crippen molar-refractivity contribution in [2.75, 3.05) is 18.5 Å². The zero-order chi connectivity index (χ0) is 18.6. The lowest BCUT2D eigenvalue weighted by Gasteiger charge is -2.11. The fraction of sp³-hybridized carbons (Fsp3) is 0.333. The van der Waals surface area contributed by atoms with Gasteiger partial charge in [0.05, 0.1) is 25.3 Å². The van der Waals surface area contributed by atoms with Crippen molar-refractivity contribution >= 4 is 17.6 Å². The fourth-order valence-electron chi connectivity index (χ4n) is 2.46. The zero-order valence-electron chi connectivity index (χ0n) is 15.1. The maximum Gasteiger partial charge on any atom is 0.306 e. The quantitative estimate of drug-likeness (QED) is 0.517. The average Bonchev–Trinajstić information content (AvgIpc) is 2.66. The molecule has 0 radical (unpaired) electrons. The van der Waals surface area contributed by atoms with Crippen molar-refractivity contribution in [3.05, 3.63) is 60.2 Å². The van der Waals surface area contributed by atoms with Gasteiger partial charge in [0.1, 0.15) is 5.75 Å². The molecule has 0 aliphatic heterocycles. The second-order valence-electron chi connectivity index (χ2n) is 5.79. The minimum Gasteiger partial charge on any atom is -0.492 e. The number of hydrogen-bond acceptors (Lipinski definition) is 4. The van der Waals surface area contributed by atoms with Gasteiger partial charge in [0, 0.05) is 6.42 Å². The summed E-state index contributed by atoms with van der Waals surface area (Å²) in [5, 5.41) is 2.77. The lowest BCUT2D eigenvalue weighted by molar-refractivity contribution is -0.144. The molecule has 1 N–H and O–H groups in total. The molecule has 0 aliphatic rings. The normalized spacial score (nSPS) is 10.2. The topological polar surface area (TPSA) is 64.6 Å². The van der Waals surface area contributed by atoms with Crippen LogP contribution >= 0.6 is 0 Å². The summed E-state index contributed by atoms with van der Waals surface area (Å²) >= 11 is 0. The first-order valence-electron chi connectivity index (χ1n) is 8.90. The standard InChI is InChI=1S/C21H25NO4/c1-2-25-19-13-7-6-12-18(19)22-20(23)14-15-21(24)26-16-8-11-17-9-4-3-5-10-17/h3-7,9-10,12-13H,2,8,11,14-16H2,1H3,(H,22,23). The molecule has 0 atom stereocenters. The number of para-hydroxylation sites is 2. The molecule has 26 heavy (non-hydrogen) atoms. The van der Waals surface area contributed by atoms with Gasteiger partial charge in [-0.05, 0) is 37.5 Å². The van der Waals surface area contributed by atoms with Crippen molar-refractivity contribution in [1.82, 2.24) is 0 Å². The Balaban J connectivity index is 1.65. The van der Waals surface area contributed by atoms with E-state index >= 15 is 0 Å². The van der Waals surface area contributed by atoms with Gasteiger partial charge in [-0.2, -0.15) is 0 Å². The van der Waals surface area contributed by atoms with Crippen molar-refractivity contribution < 1.29 is 19.1 Å². The Kier molecular flexibility index (Phi) is 8.19. The number of benzene rings is 2. The van der Waals surface area contributed by atoms with E-state index in [1.807, 2.05) is 49.4 Å². The molecule has 2 aromatic rings. The minimum atomic E-state index is -0.355. The fourth-order valence-corrected chi connectivity index (χ4v) is 2.46. The van der Waals surface area contributed by atoms with Crippen molar-refractivity contribution in [3.63, 3.8) is 0 Å². The average molecular weight is 355 g/mol. The zero-order valence-corrected chi connectivity index (χ0v) is 15.1. The maximum absolute atomic E-state index is 12.0. The Hall–Kier alpha value is -2.82. The van der Waals surface area contributed by atoms with Gasteiger partial charge in [-0.15, -0.1) is 0 Å². The summed E-state index contributed by atoms with van der Waals surface area (Å²) in [4.78, 5) is 23.8. The Morgan fingerprint density at radius 3 is 2.46 bits per heavy atom. The van der Waals surface area contributed by atoms with E-state index in [1.54, 1.807) is 12.1 Å². The van der Waals surface area contributed by atoms with Gasteiger partial charge in [0.15, 0.2) is 0 Å². The van der Waals surface area contributed by atoms with Crippen molar-refractivity contribution in [2.24, 2.45) is 0 Å². The maximum atomic E-state index is 12.0. The SMILES string of the molecule is CCOc1ccccc1NC(=O)CCC(=O)OCCCc1ccccc1. The van der Waals surface area contributed by atoms with Crippen LogP contribution < -0.4 is 10.1 Å². The van der Waals surface area contributed by atoms with Crippen LogP contribution in [0.4, 0.5) is 5.69 Å². The first-order valence-corrected chi connectivity index (χ1v) is 8.90. The number of nitrogens with one attached hydrogen (secondary N) is 1. The molecule has 5 nitrogen and oxygen atoms in total. The summed E-state index contributed by atoms with van der Waals surface area (Å²) in [5.41, 5.74) is 1.83.